The lowest BCUT2D eigenvalue weighted by atomic mass is 9.82. The Kier molecular flexibility index (Phi) is 5.13. The van der Waals surface area contributed by atoms with Crippen molar-refractivity contribution in [1.29, 1.82) is 0 Å². The summed E-state index contributed by atoms with van der Waals surface area (Å²) in [5.74, 6) is 1.72. The summed E-state index contributed by atoms with van der Waals surface area (Å²) in [6.45, 7) is 9.31. The first-order chi connectivity index (χ1) is 22.8. The summed E-state index contributed by atoms with van der Waals surface area (Å²) in [7, 11) is 0. The summed E-state index contributed by atoms with van der Waals surface area (Å²) in [6, 6.07) is 46.4. The molecule has 6 aromatic carbocycles. The highest BCUT2D eigenvalue weighted by molar-refractivity contribution is 6.13. The normalized spacial score (nSPS) is 15.1. The second kappa shape index (κ2) is 9.04. The van der Waals surface area contributed by atoms with Crippen LogP contribution < -0.4 is 0 Å². The molecule has 3 heteroatoms. The molecule has 224 valence electrons. The van der Waals surface area contributed by atoms with E-state index in [4.69, 9.17) is 9.97 Å². The lowest BCUT2D eigenvalue weighted by Crippen LogP contribution is -2.20. The van der Waals surface area contributed by atoms with E-state index in [-0.39, 0.29) is 10.8 Å². The SMILES string of the molecule is CC1(C)c2ccccc2-c2c(-c3nc4c(c(-n5c6ccccc6c6cc7ccccc7cc65)n3)C(C)(C)c3ccccc3-4)cccc21. The Morgan fingerprint density at radius 1 is 0.489 bits per heavy atom. The molecule has 2 heterocycles. The van der Waals surface area contributed by atoms with E-state index in [1.54, 1.807) is 0 Å². The number of hydrogen-bond acceptors (Lipinski definition) is 2. The van der Waals surface area contributed by atoms with Crippen molar-refractivity contribution in [1.82, 2.24) is 14.5 Å². The van der Waals surface area contributed by atoms with Crippen molar-refractivity contribution in [2.24, 2.45) is 0 Å². The van der Waals surface area contributed by atoms with Gasteiger partial charge in [-0.15, -0.1) is 0 Å². The molecule has 0 unspecified atom stereocenters. The van der Waals surface area contributed by atoms with Gasteiger partial charge >= 0.3 is 0 Å². The molecule has 3 nitrogen and oxygen atoms in total. The van der Waals surface area contributed by atoms with Crippen LogP contribution in [0.5, 0.6) is 0 Å². The Morgan fingerprint density at radius 2 is 1.11 bits per heavy atom. The lowest BCUT2D eigenvalue weighted by molar-refractivity contribution is 0.650. The molecule has 47 heavy (non-hydrogen) atoms. The second-order valence-electron chi connectivity index (χ2n) is 14.2. The molecule has 0 bridgehead atoms. The Balaban J connectivity index is 1.37. The van der Waals surface area contributed by atoms with E-state index in [0.29, 0.717) is 0 Å². The second-order valence-corrected chi connectivity index (χ2v) is 14.2. The summed E-state index contributed by atoms with van der Waals surface area (Å²) in [4.78, 5) is 11.2. The first kappa shape index (κ1) is 26.7. The van der Waals surface area contributed by atoms with Gasteiger partial charge in [0, 0.05) is 38.3 Å². The van der Waals surface area contributed by atoms with E-state index in [1.807, 2.05) is 0 Å². The molecule has 0 atom stereocenters. The van der Waals surface area contributed by atoms with Crippen LogP contribution in [0, 0.1) is 0 Å². The van der Waals surface area contributed by atoms with Crippen molar-refractivity contribution in [3.05, 3.63) is 150 Å². The molecular formula is C44H33N3. The first-order valence-electron chi connectivity index (χ1n) is 16.5. The third-order valence-corrected chi connectivity index (χ3v) is 11.0. The van der Waals surface area contributed by atoms with Crippen LogP contribution in [0.2, 0.25) is 0 Å². The van der Waals surface area contributed by atoms with E-state index in [2.05, 4.69) is 160 Å². The Bertz CT molecular complexity index is 2640. The summed E-state index contributed by atoms with van der Waals surface area (Å²) in [5.41, 5.74) is 12.9. The molecule has 0 radical (unpaired) electrons. The third kappa shape index (κ3) is 3.41. The predicted octanol–water partition coefficient (Wildman–Crippen LogP) is 11.0. The molecule has 0 aliphatic heterocycles. The van der Waals surface area contributed by atoms with E-state index >= 15 is 0 Å². The maximum Gasteiger partial charge on any atom is 0.162 e. The van der Waals surface area contributed by atoms with Gasteiger partial charge in [0.15, 0.2) is 5.82 Å². The first-order valence-corrected chi connectivity index (χ1v) is 16.5. The maximum absolute atomic E-state index is 5.67. The van der Waals surface area contributed by atoms with Gasteiger partial charge in [-0.1, -0.05) is 137 Å². The monoisotopic (exact) mass is 603 g/mol. The number of rotatable bonds is 2. The quantitative estimate of drug-likeness (QED) is 0.197. The number of fused-ring (bicyclic) bond motifs is 10. The number of hydrogen-bond donors (Lipinski definition) is 0. The number of nitrogens with zero attached hydrogens (tertiary/aromatic N) is 3. The zero-order valence-corrected chi connectivity index (χ0v) is 27.0. The van der Waals surface area contributed by atoms with Crippen molar-refractivity contribution in [2.45, 2.75) is 38.5 Å². The van der Waals surface area contributed by atoms with E-state index in [1.165, 1.54) is 60.5 Å². The minimum atomic E-state index is -0.290. The highest BCUT2D eigenvalue weighted by Gasteiger charge is 2.42. The fourth-order valence-electron chi connectivity index (χ4n) is 8.70. The molecule has 2 aromatic heterocycles. The molecule has 8 aromatic rings. The van der Waals surface area contributed by atoms with Gasteiger partial charge in [-0.2, -0.15) is 0 Å². The smallest absolute Gasteiger partial charge is 0.162 e. The third-order valence-electron chi connectivity index (χ3n) is 11.0. The van der Waals surface area contributed by atoms with Crippen LogP contribution in [0.25, 0.3) is 72.2 Å². The summed E-state index contributed by atoms with van der Waals surface area (Å²) >= 11 is 0. The molecule has 0 spiro atoms. The van der Waals surface area contributed by atoms with Gasteiger partial charge in [0.1, 0.15) is 5.82 Å². The topological polar surface area (TPSA) is 30.7 Å². The molecule has 2 aliphatic rings. The predicted molar refractivity (Wildman–Crippen MR) is 194 cm³/mol. The van der Waals surface area contributed by atoms with Crippen molar-refractivity contribution in [3.8, 4) is 39.6 Å². The van der Waals surface area contributed by atoms with Crippen molar-refractivity contribution >= 4 is 32.6 Å². The molecular weight excluding hydrogens is 571 g/mol. The fraction of sp³-hybridized carbons (Fsp3) is 0.136. The van der Waals surface area contributed by atoms with Crippen LogP contribution in [-0.4, -0.2) is 14.5 Å². The van der Waals surface area contributed by atoms with Crippen LogP contribution in [0.1, 0.15) is 49.9 Å². The largest absolute Gasteiger partial charge is 0.293 e. The number of aromatic nitrogens is 3. The average Bonchev–Trinajstić information content (AvgIpc) is 3.64. The average molecular weight is 604 g/mol. The molecule has 0 fully saturated rings. The maximum atomic E-state index is 5.67. The zero-order chi connectivity index (χ0) is 31.7. The van der Waals surface area contributed by atoms with Crippen molar-refractivity contribution < 1.29 is 0 Å². The Labute approximate surface area is 274 Å². The van der Waals surface area contributed by atoms with Gasteiger partial charge in [0.2, 0.25) is 0 Å². The minimum absolute atomic E-state index is 0.107. The highest BCUT2D eigenvalue weighted by atomic mass is 15.1. The number of benzene rings is 6. The molecule has 0 amide bonds. The summed E-state index contributed by atoms with van der Waals surface area (Å²) in [5, 5.41) is 4.92. The van der Waals surface area contributed by atoms with Gasteiger partial charge in [-0.05, 0) is 56.8 Å². The van der Waals surface area contributed by atoms with Crippen LogP contribution >= 0.6 is 0 Å². The van der Waals surface area contributed by atoms with E-state index in [0.717, 1.165) is 33.9 Å². The lowest BCUT2D eigenvalue weighted by Gasteiger charge is -2.25. The summed E-state index contributed by atoms with van der Waals surface area (Å²) in [6.07, 6.45) is 0. The molecule has 10 rings (SSSR count). The highest BCUT2D eigenvalue weighted by Crippen LogP contribution is 2.54. The minimum Gasteiger partial charge on any atom is -0.293 e. The zero-order valence-electron chi connectivity index (χ0n) is 27.0. The van der Waals surface area contributed by atoms with Crippen LogP contribution in [-0.2, 0) is 10.8 Å². The Hall–Kier alpha value is -5.54. The molecule has 0 saturated heterocycles. The number of para-hydroxylation sites is 1. The van der Waals surface area contributed by atoms with Gasteiger partial charge in [0.25, 0.3) is 0 Å². The molecule has 2 aliphatic carbocycles. The molecule has 0 N–H and O–H groups in total. The van der Waals surface area contributed by atoms with Gasteiger partial charge in [-0.25, -0.2) is 9.97 Å². The van der Waals surface area contributed by atoms with E-state index < -0.39 is 0 Å². The fourth-order valence-corrected chi connectivity index (χ4v) is 8.70. The van der Waals surface area contributed by atoms with E-state index in [9.17, 15) is 0 Å². The van der Waals surface area contributed by atoms with Gasteiger partial charge < -0.3 is 0 Å². The van der Waals surface area contributed by atoms with Crippen LogP contribution in [0.15, 0.2) is 127 Å². The van der Waals surface area contributed by atoms with Crippen LogP contribution in [0.3, 0.4) is 0 Å². The molecule has 0 saturated carbocycles. The van der Waals surface area contributed by atoms with Gasteiger partial charge in [-0.3, -0.25) is 4.57 Å². The van der Waals surface area contributed by atoms with Crippen molar-refractivity contribution in [3.63, 3.8) is 0 Å². The standard InChI is InChI=1S/C44H33N3/c1-43(2)33-20-10-7-17-29(33)38-31(19-13-22-35(38)43)41-45-40-30-18-8-11-21-34(30)44(3,4)39(40)42(46-41)47-36-23-12-9-16-28(36)32-24-26-14-5-6-15-27(26)25-37(32)47/h5-25H,1-4H3. The van der Waals surface area contributed by atoms with Crippen molar-refractivity contribution in [2.75, 3.05) is 0 Å². The Morgan fingerprint density at radius 3 is 1.91 bits per heavy atom. The van der Waals surface area contributed by atoms with Gasteiger partial charge in [0.05, 0.1) is 16.7 Å². The van der Waals surface area contributed by atoms with Crippen LogP contribution in [0.4, 0.5) is 0 Å². The summed E-state index contributed by atoms with van der Waals surface area (Å²) < 4.78 is 2.41.